The molecular formula is C19H19N3O6. The number of carbonyl (C=O) groups is 2. The third-order valence-electron chi connectivity index (χ3n) is 4.12. The van der Waals surface area contributed by atoms with Crippen LogP contribution in [-0.4, -0.2) is 23.5 Å². The third-order valence-corrected chi connectivity index (χ3v) is 4.12. The summed E-state index contributed by atoms with van der Waals surface area (Å²) in [6, 6.07) is 7.64. The van der Waals surface area contributed by atoms with Crippen molar-refractivity contribution < 1.29 is 24.0 Å². The van der Waals surface area contributed by atoms with Gasteiger partial charge in [-0.2, -0.15) is 5.26 Å². The number of ketones is 1. The number of hydrogen-bond donors (Lipinski definition) is 1. The zero-order valence-electron chi connectivity index (χ0n) is 15.6. The second-order valence-electron chi connectivity index (χ2n) is 6.10. The first kappa shape index (κ1) is 20.6. The fraction of sp³-hybridized carbons (Fsp3) is 0.316. The van der Waals surface area contributed by atoms with Crippen molar-refractivity contribution in [3.8, 4) is 6.07 Å². The number of Topliss-reactive ketones (excluding diaryl/α,β-unsaturated/α-hetero) is 1. The number of rotatable bonds is 6. The topological polar surface area (TPSA) is 132 Å². The molecule has 0 saturated heterocycles. The number of benzene rings is 1. The predicted molar refractivity (Wildman–Crippen MR) is 97.7 cm³/mol. The summed E-state index contributed by atoms with van der Waals surface area (Å²) in [5, 5.41) is 22.7. The lowest BCUT2D eigenvalue weighted by molar-refractivity contribution is -0.384. The number of hydrogen-bond acceptors (Lipinski definition) is 8. The van der Waals surface area contributed by atoms with Crippen molar-refractivity contribution in [2.24, 2.45) is 0 Å². The van der Waals surface area contributed by atoms with E-state index in [1.807, 2.05) is 6.07 Å². The molecule has 1 unspecified atom stereocenters. The molecule has 0 aromatic heterocycles. The van der Waals surface area contributed by atoms with Crippen molar-refractivity contribution >= 4 is 17.6 Å². The van der Waals surface area contributed by atoms with Crippen LogP contribution in [0.3, 0.4) is 0 Å². The Morgan fingerprint density at radius 1 is 1.32 bits per heavy atom. The SMILES string of the molecule is CC(=O)C1=C(C)NC(C)=C(OC(=O)OCCC#N)C1c1cccc([N+](=O)[O-])c1. The molecule has 2 rings (SSSR count). The highest BCUT2D eigenvalue weighted by Crippen LogP contribution is 2.40. The smallest absolute Gasteiger partial charge is 0.433 e. The normalized spacial score (nSPS) is 16.1. The maximum atomic E-state index is 12.3. The number of allylic oxidation sites excluding steroid dienone is 3. The maximum Gasteiger partial charge on any atom is 0.513 e. The standard InChI is InChI=1S/C19H19N3O6/c1-11-16(13(3)23)17(14-6-4-7-15(10-14)22(25)26)18(12(2)21-11)28-19(24)27-9-5-8-20/h4,6-7,10,17,21H,5,9H2,1-3H3. The number of nitro groups is 1. The number of non-ortho nitro benzene ring substituents is 1. The van der Waals surface area contributed by atoms with Gasteiger partial charge in [0, 0.05) is 23.4 Å². The number of dihydropyridines is 1. The van der Waals surface area contributed by atoms with Gasteiger partial charge in [0.25, 0.3) is 5.69 Å². The largest absolute Gasteiger partial charge is 0.513 e. The summed E-state index contributed by atoms with van der Waals surface area (Å²) in [7, 11) is 0. The first-order valence-corrected chi connectivity index (χ1v) is 8.41. The van der Waals surface area contributed by atoms with Crippen molar-refractivity contribution in [3.63, 3.8) is 0 Å². The first-order chi connectivity index (χ1) is 13.3. The number of nitrogens with zero attached hydrogens (tertiary/aromatic N) is 2. The summed E-state index contributed by atoms with van der Waals surface area (Å²) >= 11 is 0. The van der Waals surface area contributed by atoms with Crippen LogP contribution in [0.1, 0.15) is 38.7 Å². The zero-order chi connectivity index (χ0) is 20.8. The van der Waals surface area contributed by atoms with Gasteiger partial charge < -0.3 is 14.8 Å². The molecule has 0 aliphatic carbocycles. The molecule has 0 spiro atoms. The molecule has 28 heavy (non-hydrogen) atoms. The molecule has 0 bridgehead atoms. The van der Waals surface area contributed by atoms with E-state index in [9.17, 15) is 19.7 Å². The van der Waals surface area contributed by atoms with Crippen molar-refractivity contribution in [1.29, 1.82) is 5.26 Å². The van der Waals surface area contributed by atoms with E-state index in [0.717, 1.165) is 0 Å². The number of nitro benzene ring substituents is 1. The molecule has 1 aromatic carbocycles. The predicted octanol–water partition coefficient (Wildman–Crippen LogP) is 3.44. The van der Waals surface area contributed by atoms with Crippen LogP contribution in [0.2, 0.25) is 0 Å². The van der Waals surface area contributed by atoms with E-state index >= 15 is 0 Å². The highest BCUT2D eigenvalue weighted by atomic mass is 16.7. The van der Waals surface area contributed by atoms with E-state index in [1.54, 1.807) is 19.9 Å². The Labute approximate surface area is 161 Å². The molecule has 1 N–H and O–H groups in total. The minimum Gasteiger partial charge on any atom is -0.433 e. The maximum absolute atomic E-state index is 12.3. The average molecular weight is 385 g/mol. The van der Waals surface area contributed by atoms with Gasteiger partial charge in [-0.25, -0.2) is 4.79 Å². The molecule has 1 aliphatic heterocycles. The highest BCUT2D eigenvalue weighted by Gasteiger charge is 2.35. The number of carbonyl (C=O) groups excluding carboxylic acids is 2. The Hall–Kier alpha value is -3.67. The Morgan fingerprint density at radius 3 is 2.64 bits per heavy atom. The molecule has 9 heteroatoms. The Bertz CT molecular complexity index is 926. The van der Waals surface area contributed by atoms with Crippen LogP contribution in [0.4, 0.5) is 10.5 Å². The van der Waals surface area contributed by atoms with Gasteiger partial charge in [0.2, 0.25) is 0 Å². The quantitative estimate of drug-likeness (QED) is 0.341. The van der Waals surface area contributed by atoms with E-state index in [-0.39, 0.29) is 30.3 Å². The van der Waals surface area contributed by atoms with Gasteiger partial charge in [0.05, 0.1) is 29.0 Å². The molecule has 1 atom stereocenters. The molecule has 0 saturated carbocycles. The second-order valence-corrected chi connectivity index (χ2v) is 6.10. The number of nitrogens with one attached hydrogen (secondary N) is 1. The van der Waals surface area contributed by atoms with E-state index in [1.165, 1.54) is 25.1 Å². The molecule has 0 radical (unpaired) electrons. The molecule has 0 fully saturated rings. The lowest BCUT2D eigenvalue weighted by Crippen LogP contribution is -2.29. The first-order valence-electron chi connectivity index (χ1n) is 8.41. The van der Waals surface area contributed by atoms with Crippen LogP contribution in [0.25, 0.3) is 0 Å². The zero-order valence-corrected chi connectivity index (χ0v) is 15.6. The Kier molecular flexibility index (Phi) is 6.50. The Balaban J connectivity index is 2.49. The molecular weight excluding hydrogens is 366 g/mol. The van der Waals surface area contributed by atoms with Crippen molar-refractivity contribution in [2.75, 3.05) is 6.61 Å². The van der Waals surface area contributed by atoms with Crippen LogP contribution in [0.15, 0.2) is 47.0 Å². The monoisotopic (exact) mass is 385 g/mol. The lowest BCUT2D eigenvalue weighted by atomic mass is 9.83. The van der Waals surface area contributed by atoms with E-state index in [0.29, 0.717) is 22.5 Å². The molecule has 1 aromatic rings. The second kappa shape index (κ2) is 8.81. The van der Waals surface area contributed by atoms with Crippen LogP contribution in [0.5, 0.6) is 0 Å². The van der Waals surface area contributed by atoms with E-state index in [2.05, 4.69) is 5.32 Å². The summed E-state index contributed by atoms with van der Waals surface area (Å²) < 4.78 is 10.2. The summed E-state index contributed by atoms with van der Waals surface area (Å²) in [5.41, 5.74) is 1.64. The van der Waals surface area contributed by atoms with Crippen LogP contribution < -0.4 is 5.32 Å². The van der Waals surface area contributed by atoms with Crippen LogP contribution >= 0.6 is 0 Å². The Morgan fingerprint density at radius 2 is 2.04 bits per heavy atom. The van der Waals surface area contributed by atoms with Crippen LogP contribution in [-0.2, 0) is 14.3 Å². The fourth-order valence-corrected chi connectivity index (χ4v) is 3.01. The van der Waals surface area contributed by atoms with E-state index < -0.39 is 17.0 Å². The fourth-order valence-electron chi connectivity index (χ4n) is 3.01. The summed E-state index contributed by atoms with van der Waals surface area (Å²) in [4.78, 5) is 34.9. The highest BCUT2D eigenvalue weighted by molar-refractivity contribution is 5.96. The van der Waals surface area contributed by atoms with Crippen LogP contribution in [0, 0.1) is 21.4 Å². The molecule has 9 nitrogen and oxygen atoms in total. The molecule has 1 heterocycles. The minimum absolute atomic E-state index is 0.0113. The van der Waals surface area contributed by atoms with Gasteiger partial charge in [-0.15, -0.1) is 0 Å². The van der Waals surface area contributed by atoms with Crippen molar-refractivity contribution in [2.45, 2.75) is 33.1 Å². The van der Waals surface area contributed by atoms with E-state index in [4.69, 9.17) is 14.7 Å². The van der Waals surface area contributed by atoms with Gasteiger partial charge in [0.15, 0.2) is 5.78 Å². The van der Waals surface area contributed by atoms with Gasteiger partial charge in [-0.1, -0.05) is 12.1 Å². The van der Waals surface area contributed by atoms with Gasteiger partial charge in [0.1, 0.15) is 12.4 Å². The third kappa shape index (κ3) is 4.54. The molecule has 146 valence electrons. The summed E-state index contributed by atoms with van der Waals surface area (Å²) in [6.45, 7) is 4.59. The summed E-state index contributed by atoms with van der Waals surface area (Å²) in [6.07, 6.45) is -1.01. The van der Waals surface area contributed by atoms with Gasteiger partial charge in [-0.3, -0.25) is 14.9 Å². The minimum atomic E-state index is -1.02. The van der Waals surface area contributed by atoms with Crippen molar-refractivity contribution in [1.82, 2.24) is 5.32 Å². The van der Waals surface area contributed by atoms with Gasteiger partial charge in [-0.05, 0) is 26.3 Å². The number of ether oxygens (including phenoxy) is 2. The lowest BCUT2D eigenvalue weighted by Gasteiger charge is -2.30. The van der Waals surface area contributed by atoms with Crippen molar-refractivity contribution in [3.05, 3.63) is 62.7 Å². The number of nitriles is 1. The average Bonchev–Trinajstić information content (AvgIpc) is 2.63. The molecule has 0 amide bonds. The molecule has 1 aliphatic rings. The van der Waals surface area contributed by atoms with Gasteiger partial charge >= 0.3 is 6.16 Å². The summed E-state index contributed by atoms with van der Waals surface area (Å²) in [5.74, 6) is -0.978.